The molecule has 0 amide bonds. The standard InChI is InChI=1S/C17H19N3O3S/c18-16-11-15(5-6-17(16)20(22)23)24-14-3-1-12(2-4-14)19-9-7-13(21)8-10-19/h1-6,11,13,21H,7-10,18H2. The summed E-state index contributed by atoms with van der Waals surface area (Å²) in [7, 11) is 0. The average molecular weight is 345 g/mol. The van der Waals surface area contributed by atoms with Gasteiger partial charge in [0.25, 0.3) is 5.69 Å². The number of hydrogen-bond acceptors (Lipinski definition) is 6. The summed E-state index contributed by atoms with van der Waals surface area (Å²) < 4.78 is 0. The molecule has 126 valence electrons. The monoisotopic (exact) mass is 345 g/mol. The number of aliphatic hydroxyl groups is 1. The van der Waals surface area contributed by atoms with E-state index < -0.39 is 4.92 Å². The fraction of sp³-hybridized carbons (Fsp3) is 0.294. The summed E-state index contributed by atoms with van der Waals surface area (Å²) in [6.07, 6.45) is 1.43. The van der Waals surface area contributed by atoms with Crippen molar-refractivity contribution in [3.63, 3.8) is 0 Å². The van der Waals surface area contributed by atoms with Gasteiger partial charge in [-0.25, -0.2) is 0 Å². The molecule has 2 aromatic rings. The van der Waals surface area contributed by atoms with Crippen molar-refractivity contribution < 1.29 is 10.0 Å². The van der Waals surface area contributed by atoms with E-state index in [-0.39, 0.29) is 17.5 Å². The topological polar surface area (TPSA) is 92.6 Å². The van der Waals surface area contributed by atoms with Gasteiger partial charge in [-0.15, -0.1) is 0 Å². The van der Waals surface area contributed by atoms with E-state index in [1.54, 1.807) is 12.1 Å². The van der Waals surface area contributed by atoms with Gasteiger partial charge in [-0.2, -0.15) is 0 Å². The lowest BCUT2D eigenvalue weighted by molar-refractivity contribution is -0.383. The van der Waals surface area contributed by atoms with Crippen molar-refractivity contribution >= 4 is 28.8 Å². The molecule has 7 heteroatoms. The number of aliphatic hydroxyl groups excluding tert-OH is 1. The van der Waals surface area contributed by atoms with Crippen molar-refractivity contribution in [1.29, 1.82) is 0 Å². The maximum Gasteiger partial charge on any atom is 0.292 e. The first-order valence-corrected chi connectivity index (χ1v) is 8.59. The molecule has 24 heavy (non-hydrogen) atoms. The second kappa shape index (κ2) is 7.11. The van der Waals surface area contributed by atoms with Crippen molar-refractivity contribution in [2.45, 2.75) is 28.7 Å². The molecule has 1 fully saturated rings. The van der Waals surface area contributed by atoms with Crippen LogP contribution in [0, 0.1) is 10.1 Å². The van der Waals surface area contributed by atoms with Crippen molar-refractivity contribution in [1.82, 2.24) is 0 Å². The molecular weight excluding hydrogens is 326 g/mol. The first-order valence-electron chi connectivity index (χ1n) is 7.78. The summed E-state index contributed by atoms with van der Waals surface area (Å²) in [5.41, 5.74) is 6.98. The summed E-state index contributed by atoms with van der Waals surface area (Å²) in [5.74, 6) is 0. The molecule has 1 aliphatic rings. The smallest absolute Gasteiger partial charge is 0.292 e. The molecule has 1 saturated heterocycles. The third-order valence-corrected chi connectivity index (χ3v) is 5.10. The summed E-state index contributed by atoms with van der Waals surface area (Å²) in [4.78, 5) is 14.5. The predicted molar refractivity (Wildman–Crippen MR) is 95.5 cm³/mol. The number of piperidine rings is 1. The molecule has 3 rings (SSSR count). The minimum absolute atomic E-state index is 0.0676. The van der Waals surface area contributed by atoms with Crippen molar-refractivity contribution in [3.05, 3.63) is 52.6 Å². The number of nitro groups is 1. The normalized spacial score (nSPS) is 15.5. The molecule has 0 atom stereocenters. The summed E-state index contributed by atoms with van der Waals surface area (Å²) >= 11 is 1.52. The van der Waals surface area contributed by atoms with Gasteiger partial charge in [0.2, 0.25) is 0 Å². The van der Waals surface area contributed by atoms with Crippen LogP contribution in [0.4, 0.5) is 17.1 Å². The molecule has 6 nitrogen and oxygen atoms in total. The van der Waals surface area contributed by atoms with Gasteiger partial charge in [0.05, 0.1) is 11.0 Å². The maximum absolute atomic E-state index is 10.8. The number of nitrogen functional groups attached to an aromatic ring is 1. The molecule has 1 aliphatic heterocycles. The number of nitrogens with two attached hydrogens (primary N) is 1. The van der Waals surface area contributed by atoms with E-state index in [1.807, 2.05) is 12.1 Å². The van der Waals surface area contributed by atoms with Crippen LogP contribution in [0.15, 0.2) is 52.3 Å². The highest BCUT2D eigenvalue weighted by atomic mass is 32.2. The van der Waals surface area contributed by atoms with Gasteiger partial charge < -0.3 is 15.7 Å². The van der Waals surface area contributed by atoms with Crippen molar-refractivity contribution in [2.75, 3.05) is 23.7 Å². The Bertz CT molecular complexity index is 728. The lowest BCUT2D eigenvalue weighted by atomic mass is 10.1. The highest BCUT2D eigenvalue weighted by Gasteiger charge is 2.17. The number of anilines is 2. The molecule has 0 radical (unpaired) electrons. The van der Waals surface area contributed by atoms with E-state index in [1.165, 1.54) is 17.8 Å². The van der Waals surface area contributed by atoms with Crippen LogP contribution in [0.25, 0.3) is 0 Å². The Hall–Kier alpha value is -2.25. The van der Waals surface area contributed by atoms with Crippen LogP contribution in [0.3, 0.4) is 0 Å². The Morgan fingerprint density at radius 2 is 1.75 bits per heavy atom. The molecule has 0 saturated carbocycles. The van der Waals surface area contributed by atoms with Gasteiger partial charge in [-0.3, -0.25) is 10.1 Å². The molecule has 0 bridgehead atoms. The SMILES string of the molecule is Nc1cc(Sc2ccc(N3CCC(O)CC3)cc2)ccc1[N+](=O)[O-]. The molecular formula is C17H19N3O3S. The predicted octanol–water partition coefficient (Wildman–Crippen LogP) is 3.29. The Kier molecular flexibility index (Phi) is 4.92. The number of nitrogens with zero attached hydrogens (tertiary/aromatic N) is 2. The summed E-state index contributed by atoms with van der Waals surface area (Å²) in [6.45, 7) is 1.74. The fourth-order valence-electron chi connectivity index (χ4n) is 2.75. The van der Waals surface area contributed by atoms with Gasteiger partial charge in [-0.1, -0.05) is 11.8 Å². The quantitative estimate of drug-likeness (QED) is 0.502. The van der Waals surface area contributed by atoms with Crippen LogP contribution in [0.2, 0.25) is 0 Å². The Labute approximate surface area is 144 Å². The zero-order valence-electron chi connectivity index (χ0n) is 13.1. The first-order chi connectivity index (χ1) is 11.5. The van der Waals surface area contributed by atoms with Crippen LogP contribution in [0.5, 0.6) is 0 Å². The zero-order valence-corrected chi connectivity index (χ0v) is 13.9. The molecule has 1 heterocycles. The van der Waals surface area contributed by atoms with Crippen LogP contribution in [0.1, 0.15) is 12.8 Å². The van der Waals surface area contributed by atoms with Gasteiger partial charge >= 0.3 is 0 Å². The second-order valence-corrected chi connectivity index (χ2v) is 6.94. The Morgan fingerprint density at radius 1 is 1.12 bits per heavy atom. The fourth-order valence-corrected chi connectivity index (χ4v) is 3.61. The van der Waals surface area contributed by atoms with Gasteiger partial charge in [-0.05, 0) is 49.2 Å². The number of rotatable bonds is 4. The number of hydrogen-bond donors (Lipinski definition) is 2. The Morgan fingerprint density at radius 3 is 2.33 bits per heavy atom. The number of benzene rings is 2. The largest absolute Gasteiger partial charge is 0.393 e. The number of nitro benzene ring substituents is 1. The molecule has 2 aromatic carbocycles. The van der Waals surface area contributed by atoms with Gasteiger partial charge in [0, 0.05) is 34.6 Å². The van der Waals surface area contributed by atoms with Gasteiger partial charge in [0.15, 0.2) is 0 Å². The second-order valence-electron chi connectivity index (χ2n) is 5.79. The lowest BCUT2D eigenvalue weighted by Crippen LogP contribution is -2.35. The molecule has 3 N–H and O–H groups in total. The van der Waals surface area contributed by atoms with E-state index in [0.29, 0.717) is 0 Å². The lowest BCUT2D eigenvalue weighted by Gasteiger charge is -2.31. The van der Waals surface area contributed by atoms with Crippen LogP contribution in [-0.2, 0) is 0 Å². The third-order valence-electron chi connectivity index (χ3n) is 4.10. The minimum atomic E-state index is -0.478. The highest BCUT2D eigenvalue weighted by molar-refractivity contribution is 7.99. The van der Waals surface area contributed by atoms with Crippen LogP contribution < -0.4 is 10.6 Å². The summed E-state index contributed by atoms with van der Waals surface area (Å²) in [5, 5.41) is 20.4. The molecule has 0 aromatic heterocycles. The molecule has 0 aliphatic carbocycles. The van der Waals surface area contributed by atoms with Crippen LogP contribution >= 0.6 is 11.8 Å². The van der Waals surface area contributed by atoms with Crippen LogP contribution in [-0.4, -0.2) is 29.2 Å². The zero-order chi connectivity index (χ0) is 17.1. The highest BCUT2D eigenvalue weighted by Crippen LogP contribution is 2.33. The molecule has 0 spiro atoms. The third kappa shape index (κ3) is 3.80. The van der Waals surface area contributed by atoms with E-state index in [9.17, 15) is 15.2 Å². The summed E-state index contributed by atoms with van der Waals surface area (Å²) in [6, 6.07) is 13.0. The Balaban J connectivity index is 1.68. The van der Waals surface area contributed by atoms with Gasteiger partial charge in [0.1, 0.15) is 5.69 Å². The van der Waals surface area contributed by atoms with Crippen molar-refractivity contribution in [3.8, 4) is 0 Å². The molecule has 0 unspecified atom stereocenters. The van der Waals surface area contributed by atoms with E-state index in [0.717, 1.165) is 41.4 Å². The van der Waals surface area contributed by atoms with E-state index in [4.69, 9.17) is 5.73 Å². The minimum Gasteiger partial charge on any atom is -0.393 e. The van der Waals surface area contributed by atoms with Crippen molar-refractivity contribution in [2.24, 2.45) is 0 Å². The first kappa shape index (κ1) is 16.6. The average Bonchev–Trinajstić information content (AvgIpc) is 2.56. The maximum atomic E-state index is 10.8. The van der Waals surface area contributed by atoms with E-state index >= 15 is 0 Å². The van der Waals surface area contributed by atoms with E-state index in [2.05, 4.69) is 17.0 Å².